The molecule has 0 saturated heterocycles. The average Bonchev–Trinajstić information content (AvgIpc) is 2.74. The summed E-state index contributed by atoms with van der Waals surface area (Å²) in [5.74, 6) is 1.26. The number of oxime groups is 1. The van der Waals surface area contributed by atoms with Crippen molar-refractivity contribution < 1.29 is 14.4 Å². The van der Waals surface area contributed by atoms with Crippen LogP contribution in [-0.4, -0.2) is 17.0 Å². The Balaban J connectivity index is 2.08. The highest BCUT2D eigenvalue weighted by atomic mass is 16.4. The lowest BCUT2D eigenvalue weighted by molar-refractivity contribution is -0.131. The van der Waals surface area contributed by atoms with Crippen molar-refractivity contribution in [1.82, 2.24) is 5.32 Å². The van der Waals surface area contributed by atoms with Gasteiger partial charge in [-0.3, -0.25) is 4.79 Å². The van der Waals surface area contributed by atoms with Crippen LogP contribution in [0.3, 0.4) is 0 Å². The van der Waals surface area contributed by atoms with Crippen LogP contribution < -0.4 is 11.1 Å². The lowest BCUT2D eigenvalue weighted by atomic mass is 9.67. The largest absolute Gasteiger partial charge is 0.464 e. The summed E-state index contributed by atoms with van der Waals surface area (Å²) in [7, 11) is 0. The zero-order valence-electron chi connectivity index (χ0n) is 11.1. The van der Waals surface area contributed by atoms with Gasteiger partial charge in [0.25, 0.3) is 0 Å². The second-order valence-electron chi connectivity index (χ2n) is 5.06. The van der Waals surface area contributed by atoms with Gasteiger partial charge in [0.1, 0.15) is 16.9 Å². The third-order valence-electron chi connectivity index (χ3n) is 3.78. The molecule has 0 aromatic carbocycles. The van der Waals surface area contributed by atoms with Crippen molar-refractivity contribution in [3.05, 3.63) is 23.7 Å². The van der Waals surface area contributed by atoms with Crippen molar-refractivity contribution in [2.24, 2.45) is 16.3 Å². The van der Waals surface area contributed by atoms with Crippen molar-refractivity contribution in [1.29, 1.82) is 0 Å². The van der Waals surface area contributed by atoms with Crippen LogP contribution in [0.5, 0.6) is 0 Å². The minimum Gasteiger partial charge on any atom is -0.464 e. The Hall–Kier alpha value is -1.98. The van der Waals surface area contributed by atoms with E-state index in [1.165, 1.54) is 0 Å². The quantitative estimate of drug-likeness (QED) is 0.333. The molecular formula is C13H19N3O3. The van der Waals surface area contributed by atoms with Crippen LogP contribution in [0.25, 0.3) is 0 Å². The number of carbonyl (C=O) groups is 1. The molecule has 0 spiro atoms. The zero-order valence-corrected chi connectivity index (χ0v) is 11.1. The van der Waals surface area contributed by atoms with Gasteiger partial charge in [-0.1, -0.05) is 11.6 Å². The normalized spacial score (nSPS) is 19.6. The van der Waals surface area contributed by atoms with Gasteiger partial charge in [0.2, 0.25) is 5.91 Å². The summed E-state index contributed by atoms with van der Waals surface area (Å²) >= 11 is 0. The van der Waals surface area contributed by atoms with Crippen molar-refractivity contribution >= 4 is 11.7 Å². The predicted molar refractivity (Wildman–Crippen MR) is 69.7 cm³/mol. The summed E-state index contributed by atoms with van der Waals surface area (Å²) in [5, 5.41) is 14.7. The first kappa shape index (κ1) is 13.5. The minimum absolute atomic E-state index is 0.0147. The predicted octanol–water partition coefficient (Wildman–Crippen LogP) is 1.68. The molecular weight excluding hydrogens is 246 g/mol. The van der Waals surface area contributed by atoms with Gasteiger partial charge in [-0.15, -0.1) is 0 Å². The van der Waals surface area contributed by atoms with E-state index >= 15 is 0 Å². The molecule has 1 amide bonds. The molecule has 4 N–H and O–H groups in total. The number of amidine groups is 1. The smallest absolute Gasteiger partial charge is 0.234 e. The number of rotatable bonds is 4. The van der Waals surface area contributed by atoms with E-state index < -0.39 is 5.41 Å². The first-order valence-corrected chi connectivity index (χ1v) is 6.35. The first-order chi connectivity index (χ1) is 8.99. The standard InChI is InChI=1S/C13H19N3O3/c1-8-4-5-10(19-8)9(2)15-12(17)13(6-3-7-13)11(14)16-18/h4-5,9,18H,3,6-7H2,1-2H3,(H2,14,16)(H,15,17). The van der Waals surface area contributed by atoms with Crippen LogP contribution in [0.2, 0.25) is 0 Å². The summed E-state index contributed by atoms with van der Waals surface area (Å²) in [6.07, 6.45) is 2.12. The Morgan fingerprint density at radius 1 is 1.58 bits per heavy atom. The van der Waals surface area contributed by atoms with Gasteiger partial charge in [0.05, 0.1) is 6.04 Å². The molecule has 6 heteroatoms. The van der Waals surface area contributed by atoms with E-state index in [1.54, 1.807) is 0 Å². The number of hydrogen-bond donors (Lipinski definition) is 3. The van der Waals surface area contributed by atoms with Gasteiger partial charge in [-0.25, -0.2) is 0 Å². The molecule has 19 heavy (non-hydrogen) atoms. The van der Waals surface area contributed by atoms with Crippen LogP contribution in [0.15, 0.2) is 21.7 Å². The van der Waals surface area contributed by atoms with E-state index in [4.69, 9.17) is 15.4 Å². The number of nitrogens with one attached hydrogen (secondary N) is 1. The maximum absolute atomic E-state index is 12.3. The molecule has 1 fully saturated rings. The van der Waals surface area contributed by atoms with Crippen LogP contribution >= 0.6 is 0 Å². The molecule has 0 bridgehead atoms. The fourth-order valence-corrected chi connectivity index (χ4v) is 2.32. The Morgan fingerprint density at radius 2 is 2.26 bits per heavy atom. The summed E-state index contributed by atoms with van der Waals surface area (Å²) in [4.78, 5) is 12.3. The van der Waals surface area contributed by atoms with Gasteiger partial charge in [0.15, 0.2) is 5.84 Å². The highest BCUT2D eigenvalue weighted by Gasteiger charge is 2.48. The fraction of sp³-hybridized carbons (Fsp3) is 0.538. The van der Waals surface area contributed by atoms with Crippen LogP contribution in [-0.2, 0) is 4.79 Å². The molecule has 1 aromatic rings. The van der Waals surface area contributed by atoms with Crippen LogP contribution in [0, 0.1) is 12.3 Å². The van der Waals surface area contributed by atoms with E-state index in [2.05, 4.69) is 10.5 Å². The lowest BCUT2D eigenvalue weighted by Gasteiger charge is -2.39. The maximum Gasteiger partial charge on any atom is 0.234 e. The Labute approximate surface area is 111 Å². The number of hydrogen-bond acceptors (Lipinski definition) is 4. The van der Waals surface area contributed by atoms with Crippen LogP contribution in [0.4, 0.5) is 0 Å². The topological polar surface area (TPSA) is 101 Å². The third kappa shape index (κ3) is 2.30. The Kier molecular flexibility index (Phi) is 3.50. The molecule has 0 aliphatic heterocycles. The number of nitrogens with zero attached hydrogens (tertiary/aromatic N) is 1. The Bertz CT molecular complexity index is 503. The number of amides is 1. The highest BCUT2D eigenvalue weighted by Crippen LogP contribution is 2.41. The van der Waals surface area contributed by atoms with E-state index in [9.17, 15) is 4.79 Å². The molecule has 104 valence electrons. The van der Waals surface area contributed by atoms with Gasteiger partial charge in [-0.2, -0.15) is 0 Å². The van der Waals surface area contributed by atoms with Gasteiger partial charge in [0, 0.05) is 0 Å². The average molecular weight is 265 g/mol. The summed E-state index contributed by atoms with van der Waals surface area (Å²) < 4.78 is 5.47. The van der Waals surface area contributed by atoms with Crippen molar-refractivity contribution in [2.75, 3.05) is 0 Å². The van der Waals surface area contributed by atoms with Crippen molar-refractivity contribution in [3.8, 4) is 0 Å². The number of furan rings is 1. The van der Waals surface area contributed by atoms with Crippen molar-refractivity contribution in [3.63, 3.8) is 0 Å². The molecule has 1 aliphatic rings. The third-order valence-corrected chi connectivity index (χ3v) is 3.78. The van der Waals surface area contributed by atoms with E-state index in [1.807, 2.05) is 26.0 Å². The van der Waals surface area contributed by atoms with E-state index in [-0.39, 0.29) is 17.8 Å². The van der Waals surface area contributed by atoms with E-state index in [0.717, 1.165) is 12.2 Å². The second-order valence-corrected chi connectivity index (χ2v) is 5.06. The molecule has 0 radical (unpaired) electrons. The molecule has 1 unspecified atom stereocenters. The van der Waals surface area contributed by atoms with Crippen LogP contribution in [0.1, 0.15) is 43.7 Å². The summed E-state index contributed by atoms with van der Waals surface area (Å²) in [6, 6.07) is 3.43. The SMILES string of the molecule is Cc1ccc(C(C)NC(=O)C2(/C(N)=N/O)CCC2)o1. The fourth-order valence-electron chi connectivity index (χ4n) is 2.32. The maximum atomic E-state index is 12.3. The summed E-state index contributed by atoms with van der Waals surface area (Å²) in [6.45, 7) is 3.69. The molecule has 2 rings (SSSR count). The molecule has 1 aromatic heterocycles. The number of nitrogens with two attached hydrogens (primary N) is 1. The second kappa shape index (κ2) is 4.95. The van der Waals surface area contributed by atoms with Gasteiger partial charge < -0.3 is 20.7 Å². The minimum atomic E-state index is -0.857. The number of carbonyl (C=O) groups excluding carboxylic acids is 1. The lowest BCUT2D eigenvalue weighted by Crippen LogP contribution is -2.54. The molecule has 1 atom stereocenters. The first-order valence-electron chi connectivity index (χ1n) is 6.35. The van der Waals surface area contributed by atoms with E-state index in [0.29, 0.717) is 18.6 Å². The van der Waals surface area contributed by atoms with Crippen molar-refractivity contribution in [2.45, 2.75) is 39.2 Å². The van der Waals surface area contributed by atoms with Gasteiger partial charge in [-0.05, 0) is 38.8 Å². The molecule has 6 nitrogen and oxygen atoms in total. The zero-order chi connectivity index (χ0) is 14.0. The molecule has 1 aliphatic carbocycles. The molecule has 1 heterocycles. The Morgan fingerprint density at radius 3 is 2.68 bits per heavy atom. The monoisotopic (exact) mass is 265 g/mol. The summed E-state index contributed by atoms with van der Waals surface area (Å²) in [5.41, 5.74) is 4.79. The number of aryl methyl sites for hydroxylation is 1. The highest BCUT2D eigenvalue weighted by molar-refractivity contribution is 6.07. The van der Waals surface area contributed by atoms with Gasteiger partial charge >= 0.3 is 0 Å². The molecule has 1 saturated carbocycles.